The van der Waals surface area contributed by atoms with Crippen molar-refractivity contribution in [2.24, 2.45) is 0 Å². The fourth-order valence-electron chi connectivity index (χ4n) is 2.62. The van der Waals surface area contributed by atoms with Gasteiger partial charge in [-0.25, -0.2) is 0 Å². The molecule has 1 atom stereocenters. The number of aromatic nitrogens is 1. The topological polar surface area (TPSA) is 24.9 Å². The molecule has 0 bridgehead atoms. The molecule has 1 aromatic carbocycles. The summed E-state index contributed by atoms with van der Waals surface area (Å²) >= 11 is 0. The maximum atomic E-state index is 4.37. The first-order chi connectivity index (χ1) is 8.33. The Labute approximate surface area is 102 Å². The van der Waals surface area contributed by atoms with Crippen LogP contribution in [0.4, 0.5) is 0 Å². The normalized spacial score (nSPS) is 20.6. The second kappa shape index (κ2) is 4.46. The zero-order valence-corrected chi connectivity index (χ0v) is 10.2. The number of nitrogens with zero attached hydrogens (tertiary/aromatic N) is 1. The van der Waals surface area contributed by atoms with E-state index in [1.807, 2.05) is 13.1 Å². The molecule has 1 N–H and O–H groups in total. The Morgan fingerprint density at radius 3 is 2.94 bits per heavy atom. The van der Waals surface area contributed by atoms with Gasteiger partial charge in [-0.3, -0.25) is 4.98 Å². The molecule has 0 spiro atoms. The van der Waals surface area contributed by atoms with Crippen molar-refractivity contribution >= 4 is 10.8 Å². The molecule has 1 fully saturated rings. The largest absolute Gasteiger partial charge is 0.310 e. The second-order valence-corrected chi connectivity index (χ2v) is 4.93. The molecule has 2 aromatic rings. The lowest BCUT2D eigenvalue weighted by atomic mass is 9.96. The van der Waals surface area contributed by atoms with Gasteiger partial charge in [-0.2, -0.15) is 0 Å². The van der Waals surface area contributed by atoms with Crippen LogP contribution in [0.15, 0.2) is 30.5 Å². The van der Waals surface area contributed by atoms with Crippen LogP contribution in [0, 0.1) is 6.92 Å². The number of hydrogen-bond donors (Lipinski definition) is 1. The Balaban J connectivity index is 1.98. The molecule has 1 aliphatic rings. The van der Waals surface area contributed by atoms with E-state index in [0.29, 0.717) is 6.04 Å². The van der Waals surface area contributed by atoms with Crippen molar-refractivity contribution in [3.8, 4) is 0 Å². The van der Waals surface area contributed by atoms with E-state index in [4.69, 9.17) is 0 Å². The molecule has 0 aliphatic carbocycles. The van der Waals surface area contributed by atoms with Crippen molar-refractivity contribution in [1.29, 1.82) is 0 Å². The van der Waals surface area contributed by atoms with Gasteiger partial charge in [0.15, 0.2) is 0 Å². The summed E-state index contributed by atoms with van der Waals surface area (Å²) in [6.45, 7) is 3.19. The zero-order valence-electron chi connectivity index (χ0n) is 10.2. The number of fused-ring (bicyclic) bond motifs is 1. The standard InChI is InChI=1S/C15H18N2/c1-11-8-12-5-6-13(9-14(12)10-17-11)15-4-2-3-7-16-15/h5-6,8-10,15-16H,2-4,7H2,1H3. The van der Waals surface area contributed by atoms with Crippen LogP contribution in [0.3, 0.4) is 0 Å². The van der Waals surface area contributed by atoms with Crippen LogP contribution in [-0.2, 0) is 0 Å². The minimum atomic E-state index is 0.537. The highest BCUT2D eigenvalue weighted by atomic mass is 14.9. The first-order valence-electron chi connectivity index (χ1n) is 6.43. The van der Waals surface area contributed by atoms with Gasteiger partial charge in [0.05, 0.1) is 0 Å². The number of piperidine rings is 1. The average molecular weight is 226 g/mol. The van der Waals surface area contributed by atoms with E-state index < -0.39 is 0 Å². The average Bonchev–Trinajstić information content (AvgIpc) is 2.39. The van der Waals surface area contributed by atoms with E-state index in [-0.39, 0.29) is 0 Å². The summed E-state index contributed by atoms with van der Waals surface area (Å²) in [6.07, 6.45) is 5.88. The third kappa shape index (κ3) is 2.18. The highest BCUT2D eigenvalue weighted by molar-refractivity contribution is 5.82. The molecule has 1 aromatic heterocycles. The first-order valence-corrected chi connectivity index (χ1v) is 6.43. The summed E-state index contributed by atoms with van der Waals surface area (Å²) in [5.74, 6) is 0. The van der Waals surface area contributed by atoms with Gasteiger partial charge in [-0.05, 0) is 49.4 Å². The van der Waals surface area contributed by atoms with Gasteiger partial charge in [-0.1, -0.05) is 18.6 Å². The van der Waals surface area contributed by atoms with E-state index >= 15 is 0 Å². The number of hydrogen-bond acceptors (Lipinski definition) is 2. The SMILES string of the molecule is Cc1cc2ccc(C3CCCCN3)cc2cn1. The molecule has 1 saturated heterocycles. The van der Waals surface area contributed by atoms with Crippen molar-refractivity contribution in [2.45, 2.75) is 32.2 Å². The molecule has 3 rings (SSSR count). The molecule has 0 radical (unpaired) electrons. The lowest BCUT2D eigenvalue weighted by Crippen LogP contribution is -2.26. The lowest BCUT2D eigenvalue weighted by molar-refractivity contribution is 0.412. The molecular formula is C15H18N2. The number of pyridine rings is 1. The molecule has 2 heterocycles. The molecule has 2 nitrogen and oxygen atoms in total. The van der Waals surface area contributed by atoms with Crippen LogP contribution in [0.2, 0.25) is 0 Å². The maximum Gasteiger partial charge on any atom is 0.0379 e. The van der Waals surface area contributed by atoms with Crippen molar-refractivity contribution < 1.29 is 0 Å². The summed E-state index contributed by atoms with van der Waals surface area (Å²) in [7, 11) is 0. The van der Waals surface area contributed by atoms with Crippen LogP contribution < -0.4 is 5.32 Å². The van der Waals surface area contributed by atoms with Crippen LogP contribution in [-0.4, -0.2) is 11.5 Å². The molecule has 0 amide bonds. The van der Waals surface area contributed by atoms with E-state index in [0.717, 1.165) is 12.2 Å². The molecule has 88 valence electrons. The van der Waals surface area contributed by atoms with E-state index in [1.54, 1.807) is 0 Å². The molecular weight excluding hydrogens is 208 g/mol. The highest BCUT2D eigenvalue weighted by Gasteiger charge is 2.14. The Morgan fingerprint density at radius 2 is 2.12 bits per heavy atom. The Bertz CT molecular complexity index is 527. The van der Waals surface area contributed by atoms with Gasteiger partial charge in [0, 0.05) is 23.3 Å². The molecule has 1 aliphatic heterocycles. The summed E-state index contributed by atoms with van der Waals surface area (Å²) in [5, 5.41) is 6.13. The van der Waals surface area contributed by atoms with Crippen LogP contribution >= 0.6 is 0 Å². The molecule has 0 saturated carbocycles. The third-order valence-electron chi connectivity index (χ3n) is 3.60. The van der Waals surface area contributed by atoms with Gasteiger partial charge in [0.2, 0.25) is 0 Å². The monoisotopic (exact) mass is 226 g/mol. The minimum Gasteiger partial charge on any atom is -0.310 e. The summed E-state index contributed by atoms with van der Waals surface area (Å²) < 4.78 is 0. The number of rotatable bonds is 1. The number of benzene rings is 1. The fourth-order valence-corrected chi connectivity index (χ4v) is 2.62. The van der Waals surface area contributed by atoms with E-state index in [9.17, 15) is 0 Å². The van der Waals surface area contributed by atoms with Gasteiger partial charge in [-0.15, -0.1) is 0 Å². The lowest BCUT2D eigenvalue weighted by Gasteiger charge is -2.24. The highest BCUT2D eigenvalue weighted by Crippen LogP contribution is 2.25. The van der Waals surface area contributed by atoms with Crippen molar-refractivity contribution in [1.82, 2.24) is 10.3 Å². The van der Waals surface area contributed by atoms with Crippen molar-refractivity contribution in [2.75, 3.05) is 6.54 Å². The minimum absolute atomic E-state index is 0.537. The van der Waals surface area contributed by atoms with Gasteiger partial charge in [0.25, 0.3) is 0 Å². The quantitative estimate of drug-likeness (QED) is 0.806. The van der Waals surface area contributed by atoms with Crippen molar-refractivity contribution in [3.05, 3.63) is 41.7 Å². The van der Waals surface area contributed by atoms with E-state index in [1.165, 1.54) is 35.6 Å². The molecule has 17 heavy (non-hydrogen) atoms. The Hall–Kier alpha value is -1.41. The summed E-state index contributed by atoms with van der Waals surface area (Å²) in [6, 6.07) is 9.44. The maximum absolute atomic E-state index is 4.37. The number of aryl methyl sites for hydroxylation is 1. The predicted octanol–water partition coefficient (Wildman–Crippen LogP) is 3.36. The third-order valence-corrected chi connectivity index (χ3v) is 3.60. The number of nitrogens with one attached hydrogen (secondary N) is 1. The summed E-state index contributed by atoms with van der Waals surface area (Å²) in [4.78, 5) is 4.37. The van der Waals surface area contributed by atoms with Crippen molar-refractivity contribution in [3.63, 3.8) is 0 Å². The van der Waals surface area contributed by atoms with Gasteiger partial charge < -0.3 is 5.32 Å². The second-order valence-electron chi connectivity index (χ2n) is 4.93. The van der Waals surface area contributed by atoms with Gasteiger partial charge >= 0.3 is 0 Å². The van der Waals surface area contributed by atoms with Crippen LogP contribution in [0.5, 0.6) is 0 Å². The Morgan fingerprint density at radius 1 is 1.18 bits per heavy atom. The van der Waals surface area contributed by atoms with E-state index in [2.05, 4.69) is 34.6 Å². The smallest absolute Gasteiger partial charge is 0.0379 e. The first kappa shape index (κ1) is 10.7. The predicted molar refractivity (Wildman–Crippen MR) is 71.1 cm³/mol. The Kier molecular flexibility index (Phi) is 2.81. The fraction of sp³-hybridized carbons (Fsp3) is 0.400. The molecule has 2 heteroatoms. The molecule has 1 unspecified atom stereocenters. The van der Waals surface area contributed by atoms with Crippen LogP contribution in [0.25, 0.3) is 10.8 Å². The zero-order chi connectivity index (χ0) is 11.7. The van der Waals surface area contributed by atoms with Gasteiger partial charge in [0.1, 0.15) is 0 Å². The summed E-state index contributed by atoms with van der Waals surface area (Å²) in [5.41, 5.74) is 2.49. The van der Waals surface area contributed by atoms with Crippen LogP contribution in [0.1, 0.15) is 36.6 Å².